The highest BCUT2D eigenvalue weighted by atomic mass is 16.6. The number of ether oxygens (including phenoxy) is 1. The van der Waals surface area contributed by atoms with E-state index >= 15 is 0 Å². The maximum Gasteiger partial charge on any atom is 0.408 e. The fourth-order valence-corrected chi connectivity index (χ4v) is 2.25. The average molecular weight is 238 g/mol. The monoisotopic (exact) mass is 238 g/mol. The van der Waals surface area contributed by atoms with Crippen molar-refractivity contribution in [1.82, 2.24) is 5.32 Å². The second-order valence-corrected chi connectivity index (χ2v) is 6.17. The molecular weight excluding hydrogens is 216 g/mol. The lowest BCUT2D eigenvalue weighted by Crippen LogP contribution is -2.42. The Labute approximate surface area is 103 Å². The van der Waals surface area contributed by atoms with Crippen LogP contribution in [0.15, 0.2) is 0 Å². The zero-order valence-corrected chi connectivity index (χ0v) is 11.3. The molecule has 2 unspecified atom stereocenters. The summed E-state index contributed by atoms with van der Waals surface area (Å²) in [5.41, 5.74) is -0.856. The van der Waals surface area contributed by atoms with Crippen LogP contribution in [0.25, 0.3) is 0 Å². The molecular formula is C13H22N2O2. The van der Waals surface area contributed by atoms with Gasteiger partial charge in [0.1, 0.15) is 5.60 Å². The number of nitriles is 1. The molecule has 0 spiro atoms. The number of hydrogen-bond donors (Lipinski definition) is 1. The first-order chi connectivity index (χ1) is 7.70. The summed E-state index contributed by atoms with van der Waals surface area (Å²) in [5, 5.41) is 11.7. The zero-order valence-electron chi connectivity index (χ0n) is 11.3. The summed E-state index contributed by atoms with van der Waals surface area (Å²) in [6, 6.07) is 2.15. The smallest absolute Gasteiger partial charge is 0.408 e. The molecule has 0 aromatic carbocycles. The maximum absolute atomic E-state index is 11.7. The van der Waals surface area contributed by atoms with E-state index in [1.54, 1.807) is 0 Å². The van der Waals surface area contributed by atoms with Crippen LogP contribution in [-0.2, 0) is 4.74 Å². The summed E-state index contributed by atoms with van der Waals surface area (Å²) in [6.07, 6.45) is 0.808. The Hall–Kier alpha value is -1.24. The first-order valence-corrected chi connectivity index (χ1v) is 6.08. The fraction of sp³-hybridized carbons (Fsp3) is 0.846. The molecule has 1 amide bonds. The molecule has 1 rings (SSSR count). The molecule has 4 heteroatoms. The van der Waals surface area contributed by atoms with Crippen LogP contribution in [-0.4, -0.2) is 17.2 Å². The van der Waals surface area contributed by atoms with Crippen molar-refractivity contribution in [3.05, 3.63) is 0 Å². The van der Waals surface area contributed by atoms with Gasteiger partial charge in [-0.1, -0.05) is 13.8 Å². The topological polar surface area (TPSA) is 62.1 Å². The van der Waals surface area contributed by atoms with Crippen molar-refractivity contribution in [2.24, 2.45) is 11.8 Å². The van der Waals surface area contributed by atoms with E-state index in [1.165, 1.54) is 0 Å². The molecule has 1 fully saturated rings. The largest absolute Gasteiger partial charge is 0.444 e. The van der Waals surface area contributed by atoms with E-state index in [4.69, 9.17) is 10.00 Å². The van der Waals surface area contributed by atoms with Gasteiger partial charge in [0.05, 0.1) is 18.0 Å². The van der Waals surface area contributed by atoms with E-state index in [0.717, 1.165) is 6.42 Å². The molecule has 0 saturated heterocycles. The molecule has 0 aliphatic heterocycles. The average Bonchev–Trinajstić information content (AvgIpc) is 2.75. The summed E-state index contributed by atoms with van der Waals surface area (Å²) in [4.78, 5) is 11.7. The molecule has 0 heterocycles. The molecule has 96 valence electrons. The SMILES string of the molecule is CC(C)C1CC1(CC#N)NC(=O)OC(C)(C)C. The van der Waals surface area contributed by atoms with Crippen LogP contribution in [0.5, 0.6) is 0 Å². The molecule has 1 aliphatic carbocycles. The van der Waals surface area contributed by atoms with Crippen LogP contribution in [0.4, 0.5) is 4.79 Å². The number of carbonyl (C=O) groups is 1. The van der Waals surface area contributed by atoms with Crippen molar-refractivity contribution in [1.29, 1.82) is 5.26 Å². The number of hydrogen-bond acceptors (Lipinski definition) is 3. The molecule has 17 heavy (non-hydrogen) atoms. The lowest BCUT2D eigenvalue weighted by Gasteiger charge is -2.23. The van der Waals surface area contributed by atoms with E-state index in [-0.39, 0.29) is 5.54 Å². The quantitative estimate of drug-likeness (QED) is 0.822. The normalized spacial score (nSPS) is 27.5. The van der Waals surface area contributed by atoms with Gasteiger partial charge in [-0.05, 0) is 39.0 Å². The standard InChI is InChI=1S/C13H22N2O2/c1-9(2)10-8-13(10,6-7-14)15-11(16)17-12(3,4)5/h9-10H,6,8H2,1-5H3,(H,15,16). The first-order valence-electron chi connectivity index (χ1n) is 6.08. The third-order valence-corrected chi connectivity index (χ3v) is 3.08. The summed E-state index contributed by atoms with van der Waals surface area (Å²) in [5.74, 6) is 0.855. The molecule has 0 aromatic heterocycles. The minimum Gasteiger partial charge on any atom is -0.444 e. The molecule has 2 atom stereocenters. The van der Waals surface area contributed by atoms with E-state index in [1.807, 2.05) is 20.8 Å². The van der Waals surface area contributed by atoms with Crippen molar-refractivity contribution in [2.45, 2.75) is 58.6 Å². The number of rotatable bonds is 3. The van der Waals surface area contributed by atoms with Gasteiger partial charge >= 0.3 is 6.09 Å². The highest BCUT2D eigenvalue weighted by Gasteiger charge is 2.56. The van der Waals surface area contributed by atoms with Gasteiger partial charge in [-0.25, -0.2) is 4.79 Å². The Morgan fingerprint density at radius 3 is 2.53 bits per heavy atom. The van der Waals surface area contributed by atoms with Gasteiger partial charge in [0.15, 0.2) is 0 Å². The number of alkyl carbamates (subject to hydrolysis) is 1. The minimum atomic E-state index is -0.500. The molecule has 0 bridgehead atoms. The Bertz CT molecular complexity index is 338. The van der Waals surface area contributed by atoms with Crippen molar-refractivity contribution < 1.29 is 9.53 Å². The van der Waals surface area contributed by atoms with Crippen molar-refractivity contribution in [2.75, 3.05) is 0 Å². The van der Waals surface area contributed by atoms with E-state index in [9.17, 15) is 4.79 Å². The molecule has 1 aliphatic rings. The Balaban J connectivity index is 2.59. The lowest BCUT2D eigenvalue weighted by molar-refractivity contribution is 0.0490. The van der Waals surface area contributed by atoms with Crippen LogP contribution in [0.3, 0.4) is 0 Å². The second kappa shape index (κ2) is 4.56. The van der Waals surface area contributed by atoms with Gasteiger partial charge in [0.25, 0.3) is 0 Å². The summed E-state index contributed by atoms with van der Waals surface area (Å²) >= 11 is 0. The van der Waals surface area contributed by atoms with Crippen LogP contribution in [0.1, 0.15) is 47.5 Å². The number of carbonyl (C=O) groups excluding carboxylic acids is 1. The number of nitrogens with zero attached hydrogens (tertiary/aromatic N) is 1. The lowest BCUT2D eigenvalue weighted by atomic mass is 10.0. The molecule has 1 saturated carbocycles. The van der Waals surface area contributed by atoms with E-state index in [0.29, 0.717) is 18.3 Å². The predicted octanol–water partition coefficient (Wildman–Crippen LogP) is 2.84. The van der Waals surface area contributed by atoms with Gasteiger partial charge in [0.2, 0.25) is 0 Å². The van der Waals surface area contributed by atoms with Gasteiger partial charge in [-0.3, -0.25) is 0 Å². The molecule has 0 aromatic rings. The minimum absolute atomic E-state index is 0.356. The molecule has 4 nitrogen and oxygen atoms in total. The predicted molar refractivity (Wildman–Crippen MR) is 65.3 cm³/mol. The highest BCUT2D eigenvalue weighted by Crippen LogP contribution is 2.50. The van der Waals surface area contributed by atoms with Crippen LogP contribution < -0.4 is 5.32 Å². The second-order valence-electron chi connectivity index (χ2n) is 6.17. The Morgan fingerprint density at radius 1 is 1.59 bits per heavy atom. The Morgan fingerprint density at radius 2 is 2.18 bits per heavy atom. The fourth-order valence-electron chi connectivity index (χ4n) is 2.25. The maximum atomic E-state index is 11.7. The number of nitrogens with one attached hydrogen (secondary N) is 1. The van der Waals surface area contributed by atoms with Gasteiger partial charge in [-0.2, -0.15) is 5.26 Å². The zero-order chi connectivity index (χ0) is 13.3. The Kier molecular flexibility index (Phi) is 3.71. The highest BCUT2D eigenvalue weighted by molar-refractivity contribution is 5.69. The molecule has 1 N–H and O–H groups in total. The summed E-state index contributed by atoms with van der Waals surface area (Å²) in [6.45, 7) is 9.71. The van der Waals surface area contributed by atoms with E-state index in [2.05, 4.69) is 25.2 Å². The van der Waals surface area contributed by atoms with Gasteiger partial charge in [-0.15, -0.1) is 0 Å². The molecule has 0 radical (unpaired) electrons. The summed E-state index contributed by atoms with van der Waals surface area (Å²) in [7, 11) is 0. The van der Waals surface area contributed by atoms with Crippen molar-refractivity contribution in [3.8, 4) is 6.07 Å². The van der Waals surface area contributed by atoms with Gasteiger partial charge < -0.3 is 10.1 Å². The van der Waals surface area contributed by atoms with Crippen LogP contribution >= 0.6 is 0 Å². The summed E-state index contributed by atoms with van der Waals surface area (Å²) < 4.78 is 5.23. The van der Waals surface area contributed by atoms with Crippen molar-refractivity contribution >= 4 is 6.09 Å². The number of amides is 1. The third kappa shape index (κ3) is 3.62. The van der Waals surface area contributed by atoms with Crippen LogP contribution in [0.2, 0.25) is 0 Å². The first kappa shape index (κ1) is 13.8. The van der Waals surface area contributed by atoms with Gasteiger partial charge in [0, 0.05) is 0 Å². The van der Waals surface area contributed by atoms with E-state index < -0.39 is 11.7 Å². The third-order valence-electron chi connectivity index (χ3n) is 3.08. The van der Waals surface area contributed by atoms with Crippen LogP contribution in [0, 0.1) is 23.2 Å². The van der Waals surface area contributed by atoms with Crippen molar-refractivity contribution in [3.63, 3.8) is 0 Å².